The van der Waals surface area contributed by atoms with Gasteiger partial charge in [-0.2, -0.15) is 0 Å². The molecule has 0 fully saturated rings. The molecule has 2 unspecified atom stereocenters. The molecule has 2 atom stereocenters. The molecule has 0 saturated carbocycles. The zero-order valence-corrected chi connectivity index (χ0v) is 20.3. The Morgan fingerprint density at radius 2 is 1.82 bits per heavy atom. The molecule has 0 spiro atoms. The first-order chi connectivity index (χ1) is 16.3. The van der Waals surface area contributed by atoms with Gasteiger partial charge in [0, 0.05) is 23.1 Å². The van der Waals surface area contributed by atoms with E-state index in [0.717, 1.165) is 28.5 Å². The summed E-state index contributed by atoms with van der Waals surface area (Å²) in [5, 5.41) is 18.3. The number of nitrogens with zero attached hydrogens (tertiary/aromatic N) is 2. The minimum Gasteiger partial charge on any atom is -0.481 e. The van der Waals surface area contributed by atoms with Crippen LogP contribution in [0.2, 0.25) is 0 Å². The molecular weight excluding hydrogens is 458 g/mol. The third-order valence-electron chi connectivity index (χ3n) is 5.30. The fraction of sp³-hybridized carbons (Fsp3) is 0.360. The summed E-state index contributed by atoms with van der Waals surface area (Å²) in [7, 11) is -2.54. The molecule has 0 aliphatic carbocycles. The molecule has 3 rings (SSSR count). The lowest BCUT2D eigenvalue weighted by Crippen LogP contribution is -2.15. The summed E-state index contributed by atoms with van der Waals surface area (Å²) in [5.74, 6) is -0.561. The average molecular weight is 488 g/mol. The zero-order valence-electron chi connectivity index (χ0n) is 19.3. The highest BCUT2D eigenvalue weighted by Gasteiger charge is 2.21. The van der Waals surface area contributed by atoms with Gasteiger partial charge in [0.2, 0.25) is 0 Å². The summed E-state index contributed by atoms with van der Waals surface area (Å²) in [6.07, 6.45) is -0.704. The van der Waals surface area contributed by atoms with Gasteiger partial charge >= 0.3 is 5.97 Å². The van der Waals surface area contributed by atoms with Crippen LogP contribution < -0.4 is 0 Å². The van der Waals surface area contributed by atoms with Crippen molar-refractivity contribution in [3.05, 3.63) is 71.8 Å². The van der Waals surface area contributed by atoms with Gasteiger partial charge in [-0.25, -0.2) is 9.37 Å². The Labute approximate surface area is 199 Å². The maximum atomic E-state index is 13.6. The molecule has 7 nitrogen and oxygen atoms in total. The number of rotatable bonds is 12. The fourth-order valence-corrected chi connectivity index (χ4v) is 4.79. The van der Waals surface area contributed by atoms with Crippen LogP contribution >= 0.6 is 8.03 Å². The number of hydrogen-bond donors (Lipinski definition) is 2. The number of benzene rings is 2. The van der Waals surface area contributed by atoms with Crippen LogP contribution in [0.5, 0.6) is 0 Å². The SMILES string of the molecule is CC(C)c1nc(-c2ccccc2)n(-c2ccc(F)cc2)c1CCCO[PH](=O)CC(O)CC(=O)O. The van der Waals surface area contributed by atoms with Crippen molar-refractivity contribution in [3.63, 3.8) is 0 Å². The van der Waals surface area contributed by atoms with E-state index in [9.17, 15) is 18.9 Å². The first-order valence-electron chi connectivity index (χ1n) is 11.2. The van der Waals surface area contributed by atoms with Gasteiger partial charge in [0.1, 0.15) is 11.6 Å². The lowest BCUT2D eigenvalue weighted by Gasteiger charge is -2.14. The van der Waals surface area contributed by atoms with E-state index < -0.39 is 26.5 Å². The van der Waals surface area contributed by atoms with Gasteiger partial charge < -0.3 is 14.7 Å². The summed E-state index contributed by atoms with van der Waals surface area (Å²) in [6.45, 7) is 4.33. The summed E-state index contributed by atoms with van der Waals surface area (Å²) in [4.78, 5) is 15.6. The first kappa shape index (κ1) is 25.8. The second-order valence-electron chi connectivity index (χ2n) is 8.38. The van der Waals surface area contributed by atoms with Crippen LogP contribution in [0.1, 0.15) is 44.0 Å². The molecule has 3 aromatic rings. The zero-order chi connectivity index (χ0) is 24.7. The Kier molecular flexibility index (Phi) is 9.16. The van der Waals surface area contributed by atoms with Gasteiger partial charge in [0.05, 0.1) is 24.8 Å². The van der Waals surface area contributed by atoms with Crippen molar-refractivity contribution in [1.29, 1.82) is 0 Å². The lowest BCUT2D eigenvalue weighted by atomic mass is 10.1. The van der Waals surface area contributed by atoms with Crippen molar-refractivity contribution in [3.8, 4) is 17.1 Å². The second kappa shape index (κ2) is 12.1. The molecule has 34 heavy (non-hydrogen) atoms. The van der Waals surface area contributed by atoms with Crippen molar-refractivity contribution in [2.24, 2.45) is 0 Å². The molecule has 0 aliphatic rings. The van der Waals surface area contributed by atoms with Gasteiger partial charge in [0.25, 0.3) is 0 Å². The molecule has 0 bridgehead atoms. The lowest BCUT2D eigenvalue weighted by molar-refractivity contribution is -0.138. The van der Waals surface area contributed by atoms with Crippen LogP contribution in [-0.4, -0.2) is 44.6 Å². The van der Waals surface area contributed by atoms with E-state index in [1.54, 1.807) is 12.1 Å². The largest absolute Gasteiger partial charge is 0.481 e. The number of aliphatic hydroxyl groups is 1. The van der Waals surface area contributed by atoms with Crippen molar-refractivity contribution in [2.45, 2.75) is 45.1 Å². The molecule has 0 amide bonds. The predicted octanol–water partition coefficient (Wildman–Crippen LogP) is 5.06. The maximum absolute atomic E-state index is 13.6. The Balaban J connectivity index is 1.83. The van der Waals surface area contributed by atoms with Gasteiger partial charge in [-0.1, -0.05) is 44.2 Å². The molecule has 0 saturated heterocycles. The van der Waals surface area contributed by atoms with Crippen LogP contribution in [0, 0.1) is 5.82 Å². The van der Waals surface area contributed by atoms with Crippen molar-refractivity contribution >= 4 is 14.0 Å². The fourth-order valence-electron chi connectivity index (χ4n) is 3.77. The summed E-state index contributed by atoms with van der Waals surface area (Å²) >= 11 is 0. The van der Waals surface area contributed by atoms with E-state index in [-0.39, 0.29) is 24.5 Å². The van der Waals surface area contributed by atoms with E-state index in [2.05, 4.69) is 13.8 Å². The van der Waals surface area contributed by atoms with E-state index >= 15 is 0 Å². The number of carboxylic acid groups (broad SMARTS) is 1. The molecule has 9 heteroatoms. The topological polar surface area (TPSA) is 102 Å². The van der Waals surface area contributed by atoms with Crippen LogP contribution in [0.3, 0.4) is 0 Å². The molecular formula is C25H30FN2O5P. The third-order valence-corrected chi connectivity index (χ3v) is 6.63. The Morgan fingerprint density at radius 1 is 1.15 bits per heavy atom. The quantitative estimate of drug-likeness (QED) is 0.273. The normalized spacial score (nSPS) is 13.2. The van der Waals surface area contributed by atoms with Gasteiger partial charge in [-0.05, 0) is 43.0 Å². The average Bonchev–Trinajstić information content (AvgIpc) is 3.17. The maximum Gasteiger partial charge on any atom is 0.305 e. The highest BCUT2D eigenvalue weighted by Crippen LogP contribution is 2.32. The number of hydrogen-bond acceptors (Lipinski definition) is 5. The van der Waals surface area contributed by atoms with Crippen LogP contribution in [-0.2, 0) is 20.3 Å². The predicted molar refractivity (Wildman–Crippen MR) is 129 cm³/mol. The van der Waals surface area contributed by atoms with E-state index in [4.69, 9.17) is 14.6 Å². The van der Waals surface area contributed by atoms with E-state index in [0.29, 0.717) is 12.8 Å². The molecule has 0 aliphatic heterocycles. The Hall–Kier alpha value is -2.80. The summed E-state index contributed by atoms with van der Waals surface area (Å²) in [5.41, 5.74) is 3.62. The van der Waals surface area contributed by atoms with Crippen LogP contribution in [0.4, 0.5) is 4.39 Å². The van der Waals surface area contributed by atoms with Gasteiger partial charge in [0.15, 0.2) is 8.03 Å². The number of halogens is 1. The highest BCUT2D eigenvalue weighted by atomic mass is 31.1. The standard InChI is InChI=1S/C25H30FN2O5P/c1-17(2)24-22(9-6-14-33-34(32)16-21(29)15-23(30)31)28(20-12-10-19(26)11-13-20)25(27-24)18-7-4-3-5-8-18/h3-5,7-8,10-13,17,21,29,34H,6,9,14-16H2,1-2H3,(H,30,31). The third kappa shape index (κ3) is 6.86. The number of carbonyl (C=O) groups is 1. The molecule has 0 radical (unpaired) electrons. The Morgan fingerprint density at radius 3 is 2.44 bits per heavy atom. The van der Waals surface area contributed by atoms with Crippen LogP contribution in [0.25, 0.3) is 17.1 Å². The van der Waals surface area contributed by atoms with Gasteiger partial charge in [-0.3, -0.25) is 13.9 Å². The van der Waals surface area contributed by atoms with E-state index in [1.807, 2.05) is 34.9 Å². The molecule has 2 N–H and O–H groups in total. The monoisotopic (exact) mass is 488 g/mol. The number of carboxylic acids is 1. The van der Waals surface area contributed by atoms with Crippen molar-refractivity contribution in [2.75, 3.05) is 12.8 Å². The molecule has 182 valence electrons. The number of aliphatic hydroxyl groups excluding tert-OH is 1. The highest BCUT2D eigenvalue weighted by molar-refractivity contribution is 7.39. The van der Waals surface area contributed by atoms with Crippen molar-refractivity contribution < 1.29 is 28.5 Å². The molecule has 1 aromatic heterocycles. The Bertz CT molecular complexity index is 1120. The smallest absolute Gasteiger partial charge is 0.305 e. The second-order valence-corrected chi connectivity index (χ2v) is 9.82. The number of aromatic nitrogens is 2. The summed E-state index contributed by atoms with van der Waals surface area (Å²) in [6, 6.07) is 16.1. The number of aliphatic carboxylic acids is 1. The molecule has 1 heterocycles. The van der Waals surface area contributed by atoms with Gasteiger partial charge in [-0.15, -0.1) is 0 Å². The van der Waals surface area contributed by atoms with E-state index in [1.165, 1.54) is 12.1 Å². The van der Waals surface area contributed by atoms with Crippen molar-refractivity contribution in [1.82, 2.24) is 9.55 Å². The molecule has 2 aromatic carbocycles. The minimum atomic E-state index is -2.54. The first-order valence-corrected chi connectivity index (χ1v) is 12.8. The summed E-state index contributed by atoms with van der Waals surface area (Å²) < 4.78 is 33.1. The minimum absolute atomic E-state index is 0.144. The number of imidazole rings is 1. The van der Waals surface area contributed by atoms with Crippen LogP contribution in [0.15, 0.2) is 54.6 Å².